The predicted octanol–water partition coefficient (Wildman–Crippen LogP) is 0.953. The molecule has 1 aliphatic heterocycles. The first kappa shape index (κ1) is 17.0. The van der Waals surface area contributed by atoms with Crippen LogP contribution in [-0.4, -0.2) is 57.7 Å². The van der Waals surface area contributed by atoms with Gasteiger partial charge in [0.15, 0.2) is 0 Å². The van der Waals surface area contributed by atoms with Crippen LogP contribution in [0.15, 0.2) is 24.5 Å². The van der Waals surface area contributed by atoms with E-state index in [4.69, 9.17) is 4.74 Å². The van der Waals surface area contributed by atoms with Crippen LogP contribution in [0.25, 0.3) is 0 Å². The van der Waals surface area contributed by atoms with E-state index in [-0.39, 0.29) is 24.5 Å². The summed E-state index contributed by atoms with van der Waals surface area (Å²) in [6.07, 6.45) is 1.11. The summed E-state index contributed by atoms with van der Waals surface area (Å²) in [5.41, 5.74) is -0.128. The number of aromatic nitrogens is 3. The van der Waals surface area contributed by atoms with Crippen molar-refractivity contribution in [1.82, 2.24) is 20.1 Å². The van der Waals surface area contributed by atoms with Crippen LogP contribution in [0.2, 0.25) is 0 Å². The Labute approximate surface area is 141 Å². The Morgan fingerprint density at radius 1 is 1.40 bits per heavy atom. The van der Waals surface area contributed by atoms with Gasteiger partial charge in [0.1, 0.15) is 18.0 Å². The number of hydrogen-bond donors (Lipinski definition) is 2. The number of rotatable bonds is 4. The molecular formula is C15H15F2N5O3. The second-order valence-electron chi connectivity index (χ2n) is 5.44. The van der Waals surface area contributed by atoms with Gasteiger partial charge in [0, 0.05) is 19.0 Å². The first-order valence-electron chi connectivity index (χ1n) is 7.53. The van der Waals surface area contributed by atoms with Crippen molar-refractivity contribution in [3.05, 3.63) is 42.0 Å². The molecule has 1 atom stereocenters. The van der Waals surface area contributed by atoms with E-state index in [0.717, 1.165) is 12.1 Å². The molecule has 132 valence electrons. The molecule has 1 aromatic carbocycles. The van der Waals surface area contributed by atoms with Crippen LogP contribution in [0, 0.1) is 11.6 Å². The number of amides is 2. The molecule has 25 heavy (non-hydrogen) atoms. The van der Waals surface area contributed by atoms with E-state index >= 15 is 0 Å². The number of morpholine rings is 1. The Kier molecular flexibility index (Phi) is 4.98. The number of ether oxygens (including phenoxy) is 1. The van der Waals surface area contributed by atoms with Crippen molar-refractivity contribution in [2.24, 2.45) is 0 Å². The van der Waals surface area contributed by atoms with Crippen molar-refractivity contribution in [3.63, 3.8) is 0 Å². The Balaban J connectivity index is 1.66. The van der Waals surface area contributed by atoms with Gasteiger partial charge in [-0.25, -0.2) is 13.8 Å². The molecular weight excluding hydrogens is 336 g/mol. The van der Waals surface area contributed by atoms with Gasteiger partial charge in [-0.2, -0.15) is 5.10 Å². The minimum absolute atomic E-state index is 0.0666. The molecule has 1 aliphatic rings. The number of aromatic amines is 1. The zero-order valence-electron chi connectivity index (χ0n) is 13.0. The molecule has 1 fully saturated rings. The van der Waals surface area contributed by atoms with E-state index in [2.05, 4.69) is 20.5 Å². The Morgan fingerprint density at radius 2 is 2.24 bits per heavy atom. The van der Waals surface area contributed by atoms with Gasteiger partial charge >= 0.3 is 0 Å². The highest BCUT2D eigenvalue weighted by Crippen LogP contribution is 2.17. The Bertz CT molecular complexity index is 769. The lowest BCUT2D eigenvalue weighted by molar-refractivity contribution is -0.118. The molecule has 0 radical (unpaired) electrons. The number of anilines is 1. The lowest BCUT2D eigenvalue weighted by Gasteiger charge is -2.34. The number of hydrogen-bond acceptors (Lipinski definition) is 5. The molecule has 0 aliphatic carbocycles. The zero-order chi connectivity index (χ0) is 17.8. The van der Waals surface area contributed by atoms with Crippen LogP contribution in [0.4, 0.5) is 14.5 Å². The summed E-state index contributed by atoms with van der Waals surface area (Å²) in [6.45, 7) is 0.798. The number of benzene rings is 1. The molecule has 1 saturated heterocycles. The molecule has 2 aromatic rings. The number of nitrogens with zero attached hydrogens (tertiary/aromatic N) is 3. The van der Waals surface area contributed by atoms with E-state index in [1.54, 1.807) is 0 Å². The summed E-state index contributed by atoms with van der Waals surface area (Å²) in [5, 5.41) is 8.48. The maximum absolute atomic E-state index is 13.6. The first-order valence-corrected chi connectivity index (χ1v) is 7.53. The van der Waals surface area contributed by atoms with Crippen LogP contribution in [0.5, 0.6) is 0 Å². The van der Waals surface area contributed by atoms with E-state index in [9.17, 15) is 18.4 Å². The van der Waals surface area contributed by atoms with Gasteiger partial charge in [-0.1, -0.05) is 0 Å². The highest BCUT2D eigenvalue weighted by atomic mass is 19.1. The molecule has 2 N–H and O–H groups in total. The molecule has 0 saturated carbocycles. The van der Waals surface area contributed by atoms with E-state index < -0.39 is 29.5 Å². The molecule has 8 nitrogen and oxygen atoms in total. The number of H-pyrrole nitrogens is 1. The molecule has 1 unspecified atom stereocenters. The molecule has 3 rings (SSSR count). The van der Waals surface area contributed by atoms with Crippen molar-refractivity contribution in [2.75, 3.05) is 25.1 Å². The minimum Gasteiger partial charge on any atom is -0.377 e. The van der Waals surface area contributed by atoms with Gasteiger partial charge in [-0.05, 0) is 12.1 Å². The SMILES string of the molecule is O=C(CC1COCCN1C(=O)c1ncn[nH]1)Nc1ccc(F)cc1F. The van der Waals surface area contributed by atoms with Gasteiger partial charge in [-0.15, -0.1) is 0 Å². The monoisotopic (exact) mass is 351 g/mol. The van der Waals surface area contributed by atoms with Gasteiger partial charge < -0.3 is 15.0 Å². The first-order chi connectivity index (χ1) is 12.0. The second kappa shape index (κ2) is 7.34. The van der Waals surface area contributed by atoms with Crippen LogP contribution in [-0.2, 0) is 9.53 Å². The third-order valence-electron chi connectivity index (χ3n) is 3.73. The number of halogens is 2. The van der Waals surface area contributed by atoms with Crippen LogP contribution in [0.3, 0.4) is 0 Å². The van der Waals surface area contributed by atoms with E-state index in [1.165, 1.54) is 11.2 Å². The van der Waals surface area contributed by atoms with Crippen molar-refractivity contribution >= 4 is 17.5 Å². The normalized spacial score (nSPS) is 17.4. The summed E-state index contributed by atoms with van der Waals surface area (Å²) in [5.74, 6) is -2.46. The maximum Gasteiger partial charge on any atom is 0.291 e. The summed E-state index contributed by atoms with van der Waals surface area (Å²) >= 11 is 0. The summed E-state index contributed by atoms with van der Waals surface area (Å²) in [4.78, 5) is 29.8. The van der Waals surface area contributed by atoms with E-state index in [1.807, 2.05) is 0 Å². The zero-order valence-corrected chi connectivity index (χ0v) is 13.0. The number of nitrogens with one attached hydrogen (secondary N) is 2. The van der Waals surface area contributed by atoms with Crippen molar-refractivity contribution in [3.8, 4) is 0 Å². The fourth-order valence-corrected chi connectivity index (χ4v) is 2.54. The summed E-state index contributed by atoms with van der Waals surface area (Å²) < 4.78 is 31.8. The predicted molar refractivity (Wildman–Crippen MR) is 81.6 cm³/mol. The maximum atomic E-state index is 13.6. The summed E-state index contributed by atoms with van der Waals surface area (Å²) in [6, 6.07) is 2.33. The second-order valence-corrected chi connectivity index (χ2v) is 5.44. The van der Waals surface area contributed by atoms with E-state index in [0.29, 0.717) is 19.2 Å². The Morgan fingerprint density at radius 3 is 2.96 bits per heavy atom. The van der Waals surface area contributed by atoms with Gasteiger partial charge in [0.05, 0.1) is 24.9 Å². The van der Waals surface area contributed by atoms with Gasteiger partial charge in [0.25, 0.3) is 5.91 Å². The van der Waals surface area contributed by atoms with Gasteiger partial charge in [0.2, 0.25) is 11.7 Å². The lowest BCUT2D eigenvalue weighted by Crippen LogP contribution is -2.50. The Hall–Kier alpha value is -2.88. The third kappa shape index (κ3) is 3.97. The van der Waals surface area contributed by atoms with Crippen LogP contribution in [0.1, 0.15) is 17.0 Å². The quantitative estimate of drug-likeness (QED) is 0.854. The van der Waals surface area contributed by atoms with Crippen LogP contribution >= 0.6 is 0 Å². The number of carbonyl (C=O) groups is 2. The largest absolute Gasteiger partial charge is 0.377 e. The van der Waals surface area contributed by atoms with Crippen molar-refractivity contribution in [1.29, 1.82) is 0 Å². The highest BCUT2D eigenvalue weighted by Gasteiger charge is 2.31. The standard InChI is InChI=1S/C15H15F2N5O3/c16-9-1-2-12(11(17)5-9)20-13(23)6-10-7-25-4-3-22(10)15(24)14-18-8-19-21-14/h1-2,5,8,10H,3-4,6-7H2,(H,20,23)(H,18,19,21). The molecule has 10 heteroatoms. The molecule has 1 aromatic heterocycles. The topological polar surface area (TPSA) is 100 Å². The minimum atomic E-state index is -0.872. The third-order valence-corrected chi connectivity index (χ3v) is 3.73. The fourth-order valence-electron chi connectivity index (χ4n) is 2.54. The van der Waals surface area contributed by atoms with Crippen LogP contribution < -0.4 is 5.32 Å². The average molecular weight is 351 g/mol. The van der Waals surface area contributed by atoms with Crippen molar-refractivity contribution in [2.45, 2.75) is 12.5 Å². The molecule has 0 spiro atoms. The molecule has 2 amide bonds. The fraction of sp³-hybridized carbons (Fsp3) is 0.333. The molecule has 2 heterocycles. The highest BCUT2D eigenvalue weighted by molar-refractivity contribution is 5.93. The van der Waals surface area contributed by atoms with Gasteiger partial charge in [-0.3, -0.25) is 14.7 Å². The lowest BCUT2D eigenvalue weighted by atomic mass is 10.1. The summed E-state index contributed by atoms with van der Waals surface area (Å²) in [7, 11) is 0. The average Bonchev–Trinajstić information content (AvgIpc) is 3.12. The smallest absolute Gasteiger partial charge is 0.291 e. The molecule has 0 bridgehead atoms. The van der Waals surface area contributed by atoms with Crippen molar-refractivity contribution < 1.29 is 23.1 Å². The number of carbonyl (C=O) groups excluding carboxylic acids is 2.